The molecule has 0 saturated carbocycles. The number of nitrogens with two attached hydrogens (primary N) is 1. The number of rotatable bonds is 4. The summed E-state index contributed by atoms with van der Waals surface area (Å²) in [4.78, 5) is 0.323. The van der Waals surface area contributed by atoms with Gasteiger partial charge in [0.25, 0.3) is 0 Å². The third-order valence-corrected chi connectivity index (χ3v) is 6.74. The van der Waals surface area contributed by atoms with Gasteiger partial charge in [-0.1, -0.05) is 35.7 Å². The lowest BCUT2D eigenvalue weighted by molar-refractivity contribution is 0.262. The summed E-state index contributed by atoms with van der Waals surface area (Å²) in [5, 5.41) is 0. The molecule has 2 rings (SSSR count). The third kappa shape index (κ3) is 3.60. The van der Waals surface area contributed by atoms with Crippen LogP contribution in [0, 0.1) is 12.8 Å². The van der Waals surface area contributed by atoms with E-state index in [1.54, 1.807) is 23.4 Å². The van der Waals surface area contributed by atoms with Gasteiger partial charge in [0.2, 0.25) is 10.0 Å². The van der Waals surface area contributed by atoms with Crippen molar-refractivity contribution in [3.8, 4) is 0 Å². The highest BCUT2D eigenvalue weighted by Gasteiger charge is 2.30. The molecule has 1 aromatic carbocycles. The number of sulfonamides is 1. The summed E-state index contributed by atoms with van der Waals surface area (Å²) in [6, 6.07) is 3.39. The van der Waals surface area contributed by atoms with Crippen molar-refractivity contribution in [2.75, 3.05) is 18.8 Å². The highest BCUT2D eigenvalue weighted by Crippen LogP contribution is 2.31. The summed E-state index contributed by atoms with van der Waals surface area (Å²) in [6.45, 7) is 5.16. The Morgan fingerprint density at radius 1 is 1.33 bits per heavy atom. The fraction of sp³-hybridized carbons (Fsp3) is 0.600. The number of hydrogen-bond donors (Lipinski definition) is 1. The van der Waals surface area contributed by atoms with E-state index >= 15 is 0 Å². The van der Waals surface area contributed by atoms with Gasteiger partial charge in [0.05, 0.1) is 4.90 Å². The van der Waals surface area contributed by atoms with Crippen LogP contribution in [-0.4, -0.2) is 25.8 Å². The maximum atomic E-state index is 12.8. The number of piperidine rings is 1. The molecule has 0 atom stereocenters. The molecule has 0 unspecified atom stereocenters. The van der Waals surface area contributed by atoms with Crippen molar-refractivity contribution in [3.63, 3.8) is 0 Å². The van der Waals surface area contributed by atoms with Crippen LogP contribution in [0.4, 0.5) is 5.69 Å². The maximum Gasteiger partial charge on any atom is 0.243 e. The molecule has 0 aliphatic carbocycles. The normalized spacial score (nSPS) is 18.0. The molecular weight excluding hydrogens is 352 g/mol. The predicted molar refractivity (Wildman–Crippen MR) is 89.7 cm³/mol. The zero-order valence-electron chi connectivity index (χ0n) is 12.6. The van der Waals surface area contributed by atoms with Crippen molar-refractivity contribution in [3.05, 3.63) is 22.2 Å². The average Bonchev–Trinajstić information content (AvgIpc) is 2.43. The SMILES string of the molecule is CCCC1CCN(S(=O)(=O)c2cc(Br)cc(N)c2C)CC1. The lowest BCUT2D eigenvalue weighted by atomic mass is 9.94. The van der Waals surface area contributed by atoms with Gasteiger partial charge in [-0.2, -0.15) is 4.31 Å². The summed E-state index contributed by atoms with van der Waals surface area (Å²) < 4.78 is 28.0. The topological polar surface area (TPSA) is 63.4 Å². The first-order valence-corrected chi connectivity index (χ1v) is 9.65. The van der Waals surface area contributed by atoms with Gasteiger partial charge >= 0.3 is 0 Å². The van der Waals surface area contributed by atoms with Crippen LogP contribution in [0.3, 0.4) is 0 Å². The quantitative estimate of drug-likeness (QED) is 0.819. The molecule has 118 valence electrons. The molecular formula is C15H23BrN2O2S. The number of halogens is 1. The molecule has 1 aromatic rings. The second-order valence-corrected chi connectivity index (χ2v) is 8.58. The van der Waals surface area contributed by atoms with E-state index in [1.807, 2.05) is 0 Å². The molecule has 6 heteroatoms. The van der Waals surface area contributed by atoms with Gasteiger partial charge in [-0.3, -0.25) is 0 Å². The van der Waals surface area contributed by atoms with Crippen molar-refractivity contribution in [1.82, 2.24) is 4.31 Å². The fourth-order valence-electron chi connectivity index (χ4n) is 2.93. The van der Waals surface area contributed by atoms with Crippen LogP contribution >= 0.6 is 15.9 Å². The van der Waals surface area contributed by atoms with E-state index in [4.69, 9.17) is 5.73 Å². The second-order valence-electron chi connectivity index (χ2n) is 5.75. The van der Waals surface area contributed by atoms with Crippen LogP contribution in [0.2, 0.25) is 0 Å². The molecule has 0 aromatic heterocycles. The Balaban J connectivity index is 2.24. The van der Waals surface area contributed by atoms with Crippen LogP contribution in [0.25, 0.3) is 0 Å². The van der Waals surface area contributed by atoms with Crippen molar-refractivity contribution in [1.29, 1.82) is 0 Å². The monoisotopic (exact) mass is 374 g/mol. The fourth-order valence-corrected chi connectivity index (χ4v) is 5.31. The zero-order valence-corrected chi connectivity index (χ0v) is 15.0. The number of nitrogen functional groups attached to an aromatic ring is 1. The summed E-state index contributed by atoms with van der Waals surface area (Å²) >= 11 is 3.33. The highest BCUT2D eigenvalue weighted by molar-refractivity contribution is 9.10. The van der Waals surface area contributed by atoms with Crippen molar-refractivity contribution in [2.24, 2.45) is 5.92 Å². The minimum Gasteiger partial charge on any atom is -0.398 e. The molecule has 0 radical (unpaired) electrons. The average molecular weight is 375 g/mol. The Hall–Kier alpha value is -0.590. The zero-order chi connectivity index (χ0) is 15.6. The summed E-state index contributed by atoms with van der Waals surface area (Å²) in [5.41, 5.74) is 7.03. The second kappa shape index (κ2) is 6.67. The van der Waals surface area contributed by atoms with E-state index in [0.29, 0.717) is 39.6 Å². The van der Waals surface area contributed by atoms with Gasteiger partial charge in [0.1, 0.15) is 0 Å². The van der Waals surface area contributed by atoms with Crippen LogP contribution in [0.5, 0.6) is 0 Å². The molecule has 1 saturated heterocycles. The first-order chi connectivity index (χ1) is 9.86. The standard InChI is InChI=1S/C15H23BrN2O2S/c1-3-4-12-5-7-18(8-6-12)21(19,20)15-10-13(16)9-14(17)11(15)2/h9-10,12H,3-8,17H2,1-2H3. The Bertz CT molecular complexity index is 608. The molecule has 2 N–H and O–H groups in total. The van der Waals surface area contributed by atoms with E-state index < -0.39 is 10.0 Å². The first-order valence-electron chi connectivity index (χ1n) is 7.42. The number of benzene rings is 1. The maximum absolute atomic E-state index is 12.8. The largest absolute Gasteiger partial charge is 0.398 e. The van der Waals surface area contributed by atoms with E-state index in [2.05, 4.69) is 22.9 Å². The molecule has 4 nitrogen and oxygen atoms in total. The van der Waals surface area contributed by atoms with E-state index in [-0.39, 0.29) is 0 Å². The molecule has 1 aliphatic heterocycles. The third-order valence-electron chi connectivity index (χ3n) is 4.25. The Kier molecular flexibility index (Phi) is 5.33. The van der Waals surface area contributed by atoms with Crippen molar-refractivity contribution >= 4 is 31.6 Å². The van der Waals surface area contributed by atoms with E-state index in [9.17, 15) is 8.42 Å². The summed E-state index contributed by atoms with van der Waals surface area (Å²) in [7, 11) is -3.45. The summed E-state index contributed by atoms with van der Waals surface area (Å²) in [6.07, 6.45) is 4.26. The Morgan fingerprint density at radius 2 is 1.95 bits per heavy atom. The Morgan fingerprint density at radius 3 is 2.52 bits per heavy atom. The van der Waals surface area contributed by atoms with Crippen LogP contribution < -0.4 is 5.73 Å². The molecule has 0 bridgehead atoms. The molecule has 1 fully saturated rings. The number of hydrogen-bond acceptors (Lipinski definition) is 3. The van der Waals surface area contributed by atoms with Crippen molar-refractivity contribution in [2.45, 2.75) is 44.4 Å². The molecule has 0 amide bonds. The van der Waals surface area contributed by atoms with Crippen molar-refractivity contribution < 1.29 is 8.42 Å². The summed E-state index contributed by atoms with van der Waals surface area (Å²) in [5.74, 6) is 0.662. The van der Waals surface area contributed by atoms with Gasteiger partial charge in [-0.05, 0) is 43.4 Å². The minimum absolute atomic E-state index is 0.323. The lowest BCUT2D eigenvalue weighted by Gasteiger charge is -2.31. The van der Waals surface area contributed by atoms with Gasteiger partial charge in [-0.15, -0.1) is 0 Å². The van der Waals surface area contributed by atoms with Gasteiger partial charge in [0, 0.05) is 23.2 Å². The lowest BCUT2D eigenvalue weighted by Crippen LogP contribution is -2.38. The molecule has 1 aliphatic rings. The number of anilines is 1. The number of nitrogens with zero attached hydrogens (tertiary/aromatic N) is 1. The molecule has 1 heterocycles. The van der Waals surface area contributed by atoms with Gasteiger partial charge < -0.3 is 5.73 Å². The molecule has 0 spiro atoms. The smallest absolute Gasteiger partial charge is 0.243 e. The highest BCUT2D eigenvalue weighted by atomic mass is 79.9. The predicted octanol–water partition coefficient (Wildman–Crippen LogP) is 3.54. The van der Waals surface area contributed by atoms with Gasteiger partial charge in [0.15, 0.2) is 0 Å². The van der Waals surface area contributed by atoms with Crippen LogP contribution in [0.15, 0.2) is 21.5 Å². The Labute approximate surface area is 135 Å². The first kappa shape index (κ1) is 16.8. The van der Waals surface area contributed by atoms with E-state index in [0.717, 1.165) is 12.8 Å². The van der Waals surface area contributed by atoms with E-state index in [1.165, 1.54) is 12.8 Å². The van der Waals surface area contributed by atoms with Crippen LogP contribution in [0.1, 0.15) is 38.2 Å². The van der Waals surface area contributed by atoms with Crippen LogP contribution in [-0.2, 0) is 10.0 Å². The minimum atomic E-state index is -3.45. The molecule has 21 heavy (non-hydrogen) atoms. The van der Waals surface area contributed by atoms with Gasteiger partial charge in [-0.25, -0.2) is 8.42 Å².